The summed E-state index contributed by atoms with van der Waals surface area (Å²) in [6.45, 7) is 8.60. The summed E-state index contributed by atoms with van der Waals surface area (Å²) < 4.78 is 26.5. The first kappa shape index (κ1) is 14.6. The minimum Gasteiger partial charge on any atom is -0.451 e. The number of hydrogen-bond donors (Lipinski definition) is 0. The molecule has 0 aromatic heterocycles. The summed E-state index contributed by atoms with van der Waals surface area (Å²) in [6.07, 6.45) is 0. The first-order valence-corrected chi connectivity index (χ1v) is 6.42. The Bertz CT molecular complexity index is 246. The third-order valence-corrected chi connectivity index (χ3v) is 2.95. The summed E-state index contributed by atoms with van der Waals surface area (Å²) in [5, 5.41) is 0. The zero-order valence-electron chi connectivity index (χ0n) is 9.90. The fourth-order valence-corrected chi connectivity index (χ4v) is 2.15. The molecule has 0 fully saturated rings. The minimum absolute atomic E-state index is 0.135. The Morgan fingerprint density at radius 3 is 1.80 bits per heavy atom. The fourth-order valence-electron chi connectivity index (χ4n) is 0.800. The molecule has 15 heavy (non-hydrogen) atoms. The SMILES string of the molecule is CCOP(=O)(OCC)C(=O)OC(C)(C)C. The van der Waals surface area contributed by atoms with Gasteiger partial charge in [-0.05, 0) is 34.6 Å². The van der Waals surface area contributed by atoms with Crippen molar-refractivity contribution in [3.8, 4) is 0 Å². The van der Waals surface area contributed by atoms with Gasteiger partial charge >= 0.3 is 13.3 Å². The van der Waals surface area contributed by atoms with E-state index in [1.165, 1.54) is 0 Å². The van der Waals surface area contributed by atoms with Gasteiger partial charge in [0.2, 0.25) is 0 Å². The maximum atomic E-state index is 11.9. The van der Waals surface area contributed by atoms with Gasteiger partial charge in [0.05, 0.1) is 13.2 Å². The molecule has 0 unspecified atom stereocenters. The first-order valence-electron chi connectivity index (χ1n) is 4.88. The van der Waals surface area contributed by atoms with Crippen molar-refractivity contribution in [2.75, 3.05) is 13.2 Å². The number of carbonyl (C=O) groups excluding carboxylic acids is 1. The summed E-state index contributed by atoms with van der Waals surface area (Å²) in [5.74, 6) is 0. The average molecular weight is 238 g/mol. The van der Waals surface area contributed by atoms with Gasteiger partial charge in [-0.3, -0.25) is 0 Å². The zero-order valence-corrected chi connectivity index (χ0v) is 10.8. The highest BCUT2D eigenvalue weighted by atomic mass is 31.2. The summed E-state index contributed by atoms with van der Waals surface area (Å²) in [7, 11) is -3.77. The van der Waals surface area contributed by atoms with E-state index >= 15 is 0 Å². The van der Waals surface area contributed by atoms with E-state index in [4.69, 9.17) is 13.8 Å². The molecular formula is C9H19O5P. The van der Waals surface area contributed by atoms with Crippen LogP contribution in [0.15, 0.2) is 0 Å². The van der Waals surface area contributed by atoms with Gasteiger partial charge in [-0.2, -0.15) is 0 Å². The second-order valence-corrected chi connectivity index (χ2v) is 5.69. The monoisotopic (exact) mass is 238 g/mol. The van der Waals surface area contributed by atoms with Crippen LogP contribution in [0.25, 0.3) is 0 Å². The number of rotatable bonds is 5. The molecule has 0 aromatic carbocycles. The molecule has 0 aliphatic carbocycles. The highest BCUT2D eigenvalue weighted by Crippen LogP contribution is 2.50. The summed E-state index contributed by atoms with van der Waals surface area (Å²) >= 11 is 0. The van der Waals surface area contributed by atoms with E-state index in [2.05, 4.69) is 0 Å². The van der Waals surface area contributed by atoms with Crippen molar-refractivity contribution >= 4 is 13.3 Å². The molecule has 0 radical (unpaired) electrons. The Labute approximate surface area is 90.6 Å². The van der Waals surface area contributed by atoms with Crippen molar-refractivity contribution < 1.29 is 23.1 Å². The number of ether oxygens (including phenoxy) is 1. The molecule has 90 valence electrons. The van der Waals surface area contributed by atoms with Crippen molar-refractivity contribution in [3.05, 3.63) is 0 Å². The molecule has 0 saturated carbocycles. The standard InChI is InChI=1S/C9H19O5P/c1-6-12-15(11,13-7-2)8(10)14-9(3,4)5/h6-7H2,1-5H3. The molecule has 5 nitrogen and oxygen atoms in total. The molecule has 0 aliphatic heterocycles. The lowest BCUT2D eigenvalue weighted by Crippen LogP contribution is -2.24. The van der Waals surface area contributed by atoms with Crippen LogP contribution in [0.2, 0.25) is 0 Å². The Morgan fingerprint density at radius 2 is 1.53 bits per heavy atom. The molecule has 0 rings (SSSR count). The van der Waals surface area contributed by atoms with Crippen molar-refractivity contribution in [2.45, 2.75) is 40.2 Å². The van der Waals surface area contributed by atoms with Crippen LogP contribution in [-0.4, -0.2) is 24.5 Å². The normalized spacial score (nSPS) is 12.6. The van der Waals surface area contributed by atoms with E-state index in [0.717, 1.165) is 0 Å². The minimum atomic E-state index is -3.77. The van der Waals surface area contributed by atoms with E-state index in [1.807, 2.05) is 0 Å². The molecule has 0 atom stereocenters. The van der Waals surface area contributed by atoms with Gasteiger partial charge in [-0.25, -0.2) is 9.36 Å². The second kappa shape index (κ2) is 5.64. The smallest absolute Gasteiger partial charge is 0.438 e. The Hall–Kier alpha value is -0.380. The lowest BCUT2D eigenvalue weighted by molar-refractivity contribution is 0.0629. The van der Waals surface area contributed by atoms with Crippen molar-refractivity contribution in [1.29, 1.82) is 0 Å². The van der Waals surface area contributed by atoms with Crippen molar-refractivity contribution in [3.63, 3.8) is 0 Å². The van der Waals surface area contributed by atoms with Crippen molar-refractivity contribution in [2.24, 2.45) is 0 Å². The average Bonchev–Trinajstić information content (AvgIpc) is 2.01. The third-order valence-electron chi connectivity index (χ3n) is 1.22. The van der Waals surface area contributed by atoms with E-state index < -0.39 is 18.9 Å². The highest BCUT2D eigenvalue weighted by Gasteiger charge is 2.38. The summed E-state index contributed by atoms with van der Waals surface area (Å²) in [4.78, 5) is 11.5. The maximum absolute atomic E-state index is 11.9. The molecule has 0 aliphatic rings. The van der Waals surface area contributed by atoms with Gasteiger partial charge in [0.25, 0.3) is 0 Å². The lowest BCUT2D eigenvalue weighted by Gasteiger charge is -2.22. The fraction of sp³-hybridized carbons (Fsp3) is 0.889. The van der Waals surface area contributed by atoms with Crippen LogP contribution >= 0.6 is 7.60 Å². The largest absolute Gasteiger partial charge is 0.451 e. The predicted molar refractivity (Wildman–Crippen MR) is 57.1 cm³/mol. The number of carbonyl (C=O) groups is 1. The molecule has 0 N–H and O–H groups in total. The van der Waals surface area contributed by atoms with E-state index in [9.17, 15) is 9.36 Å². The van der Waals surface area contributed by atoms with E-state index in [1.54, 1.807) is 34.6 Å². The van der Waals surface area contributed by atoms with Crippen molar-refractivity contribution in [1.82, 2.24) is 0 Å². The Balaban J connectivity index is 4.63. The maximum Gasteiger partial charge on any atom is 0.438 e. The second-order valence-electron chi connectivity index (χ2n) is 3.81. The predicted octanol–water partition coefficient (Wildman–Crippen LogP) is 3.19. The molecular weight excluding hydrogens is 219 g/mol. The molecule has 0 bridgehead atoms. The molecule has 0 saturated heterocycles. The van der Waals surface area contributed by atoms with Gasteiger partial charge in [-0.1, -0.05) is 0 Å². The van der Waals surface area contributed by atoms with Gasteiger partial charge in [0, 0.05) is 0 Å². The van der Waals surface area contributed by atoms with Crippen LogP contribution in [0, 0.1) is 0 Å². The third kappa shape index (κ3) is 5.30. The van der Waals surface area contributed by atoms with Crippen LogP contribution in [0.1, 0.15) is 34.6 Å². The summed E-state index contributed by atoms with van der Waals surface area (Å²) in [5.41, 5.74) is -1.64. The number of hydrogen-bond acceptors (Lipinski definition) is 5. The topological polar surface area (TPSA) is 61.8 Å². The van der Waals surface area contributed by atoms with Crippen LogP contribution in [0.3, 0.4) is 0 Å². The van der Waals surface area contributed by atoms with Gasteiger partial charge in [0.1, 0.15) is 5.60 Å². The quantitative estimate of drug-likeness (QED) is 0.688. The van der Waals surface area contributed by atoms with Crippen LogP contribution < -0.4 is 0 Å². The highest BCUT2D eigenvalue weighted by molar-refractivity contribution is 7.71. The summed E-state index contributed by atoms with van der Waals surface area (Å²) in [6, 6.07) is 0. The van der Waals surface area contributed by atoms with Crippen LogP contribution in [-0.2, 0) is 18.3 Å². The molecule has 0 aromatic rings. The molecule has 6 heteroatoms. The van der Waals surface area contributed by atoms with Crippen LogP contribution in [0.4, 0.5) is 4.79 Å². The molecule has 0 amide bonds. The van der Waals surface area contributed by atoms with E-state index in [0.29, 0.717) is 0 Å². The molecule has 0 heterocycles. The van der Waals surface area contributed by atoms with Crippen LogP contribution in [0.5, 0.6) is 0 Å². The Kier molecular flexibility index (Phi) is 5.49. The van der Waals surface area contributed by atoms with Gasteiger partial charge in [-0.15, -0.1) is 0 Å². The van der Waals surface area contributed by atoms with E-state index in [-0.39, 0.29) is 13.2 Å². The van der Waals surface area contributed by atoms with Gasteiger partial charge in [0.15, 0.2) is 0 Å². The lowest BCUT2D eigenvalue weighted by atomic mass is 10.2. The van der Waals surface area contributed by atoms with Gasteiger partial charge < -0.3 is 13.8 Å². The Morgan fingerprint density at radius 1 is 1.13 bits per heavy atom. The zero-order chi connectivity index (χ0) is 12.1. The first-order chi connectivity index (χ1) is 6.75. The molecule has 0 spiro atoms.